The van der Waals surface area contributed by atoms with Crippen LogP contribution in [0.2, 0.25) is 0 Å². The summed E-state index contributed by atoms with van der Waals surface area (Å²) in [6, 6.07) is 0. The quantitative estimate of drug-likeness (QED) is 0.540. The molecule has 72 valence electrons. The first-order valence-electron chi connectivity index (χ1n) is 4.49. The number of hydrogen-bond acceptors (Lipinski definition) is 3. The van der Waals surface area contributed by atoms with E-state index in [1.807, 2.05) is 18.5 Å². The third kappa shape index (κ3) is 3.38. The van der Waals surface area contributed by atoms with E-state index in [0.717, 1.165) is 25.3 Å². The molecule has 0 bridgehead atoms. The fraction of sp³-hybridized carbons (Fsp3) is 0.556. The van der Waals surface area contributed by atoms with Crippen molar-refractivity contribution in [2.45, 2.75) is 19.9 Å². The molecule has 4 nitrogen and oxygen atoms in total. The summed E-state index contributed by atoms with van der Waals surface area (Å²) in [7, 11) is 1.95. The predicted molar refractivity (Wildman–Crippen MR) is 52.1 cm³/mol. The van der Waals surface area contributed by atoms with Crippen molar-refractivity contribution >= 4 is 0 Å². The maximum absolute atomic E-state index is 3.97. The summed E-state index contributed by atoms with van der Waals surface area (Å²) in [4.78, 5) is 0. The largest absolute Gasteiger partial charge is 0.320 e. The predicted octanol–water partition coefficient (Wildman–Crippen LogP) is 0.871. The molecule has 0 amide bonds. The molecule has 0 unspecified atom stereocenters. The van der Waals surface area contributed by atoms with E-state index in [-0.39, 0.29) is 0 Å². The topological polar surface area (TPSA) is 42.7 Å². The zero-order valence-electron chi connectivity index (χ0n) is 8.20. The highest BCUT2D eigenvalue weighted by atomic mass is 15.3. The van der Waals surface area contributed by atoms with Gasteiger partial charge in [0.25, 0.3) is 0 Å². The lowest BCUT2D eigenvalue weighted by Crippen LogP contribution is -2.16. The SMILES string of the molecule is C/C=C/CCNCc1nncn1C. The smallest absolute Gasteiger partial charge is 0.146 e. The number of hydrogen-bond donors (Lipinski definition) is 1. The van der Waals surface area contributed by atoms with E-state index in [2.05, 4.69) is 27.7 Å². The number of aromatic nitrogens is 3. The summed E-state index contributed by atoms with van der Waals surface area (Å²) in [6.07, 6.45) is 6.98. The van der Waals surface area contributed by atoms with E-state index >= 15 is 0 Å². The Morgan fingerprint density at radius 1 is 1.62 bits per heavy atom. The Hall–Kier alpha value is -1.16. The van der Waals surface area contributed by atoms with Crippen LogP contribution in [0.5, 0.6) is 0 Å². The van der Waals surface area contributed by atoms with Crippen LogP contribution in [0, 0.1) is 0 Å². The molecule has 0 saturated heterocycles. The van der Waals surface area contributed by atoms with Crippen LogP contribution in [-0.4, -0.2) is 21.3 Å². The van der Waals surface area contributed by atoms with Gasteiger partial charge in [0.05, 0.1) is 6.54 Å². The lowest BCUT2D eigenvalue weighted by atomic mass is 10.4. The lowest BCUT2D eigenvalue weighted by Gasteiger charge is -2.01. The average Bonchev–Trinajstić information content (AvgIpc) is 2.52. The van der Waals surface area contributed by atoms with Gasteiger partial charge in [-0.3, -0.25) is 0 Å². The number of allylic oxidation sites excluding steroid dienone is 1. The molecule has 1 aromatic rings. The van der Waals surface area contributed by atoms with Gasteiger partial charge >= 0.3 is 0 Å². The molecule has 4 heteroatoms. The number of nitrogens with one attached hydrogen (secondary N) is 1. The van der Waals surface area contributed by atoms with Crippen LogP contribution in [0.1, 0.15) is 19.2 Å². The maximum atomic E-state index is 3.97. The van der Waals surface area contributed by atoms with Gasteiger partial charge in [-0.05, 0) is 19.9 Å². The second-order valence-corrected chi connectivity index (χ2v) is 2.89. The van der Waals surface area contributed by atoms with E-state index in [1.165, 1.54) is 0 Å². The Balaban J connectivity index is 2.16. The highest BCUT2D eigenvalue weighted by Gasteiger charge is 1.97. The fourth-order valence-electron chi connectivity index (χ4n) is 1.02. The molecule has 1 N–H and O–H groups in total. The van der Waals surface area contributed by atoms with E-state index < -0.39 is 0 Å². The molecule has 0 saturated carbocycles. The molecule has 0 radical (unpaired) electrons. The zero-order chi connectivity index (χ0) is 9.52. The standard InChI is InChI=1S/C9H16N4/c1-3-4-5-6-10-7-9-12-11-8-13(9)2/h3-4,8,10H,5-7H2,1-2H3/b4-3+. The van der Waals surface area contributed by atoms with Crippen LogP contribution in [0.3, 0.4) is 0 Å². The van der Waals surface area contributed by atoms with Crippen molar-refractivity contribution in [3.05, 3.63) is 24.3 Å². The van der Waals surface area contributed by atoms with Crippen molar-refractivity contribution < 1.29 is 0 Å². The van der Waals surface area contributed by atoms with Crippen LogP contribution in [0.4, 0.5) is 0 Å². The highest BCUT2D eigenvalue weighted by molar-refractivity contribution is 4.84. The van der Waals surface area contributed by atoms with Crippen molar-refractivity contribution in [2.75, 3.05) is 6.54 Å². The van der Waals surface area contributed by atoms with Gasteiger partial charge in [-0.1, -0.05) is 12.2 Å². The van der Waals surface area contributed by atoms with Crippen molar-refractivity contribution in [3.63, 3.8) is 0 Å². The van der Waals surface area contributed by atoms with Gasteiger partial charge in [0.1, 0.15) is 12.2 Å². The number of aryl methyl sites for hydroxylation is 1. The Morgan fingerprint density at radius 3 is 3.08 bits per heavy atom. The van der Waals surface area contributed by atoms with Gasteiger partial charge in [0.2, 0.25) is 0 Å². The normalized spacial score (nSPS) is 11.2. The van der Waals surface area contributed by atoms with Gasteiger partial charge in [0, 0.05) is 7.05 Å². The molecule has 0 aromatic carbocycles. The van der Waals surface area contributed by atoms with Crippen molar-refractivity contribution in [1.29, 1.82) is 0 Å². The van der Waals surface area contributed by atoms with Crippen molar-refractivity contribution in [1.82, 2.24) is 20.1 Å². The summed E-state index contributed by atoms with van der Waals surface area (Å²) in [6.45, 7) is 3.80. The minimum atomic E-state index is 0.786. The van der Waals surface area contributed by atoms with Gasteiger partial charge < -0.3 is 9.88 Å². The Morgan fingerprint density at radius 2 is 2.46 bits per heavy atom. The van der Waals surface area contributed by atoms with Gasteiger partial charge in [-0.2, -0.15) is 0 Å². The van der Waals surface area contributed by atoms with Crippen LogP contribution in [0.25, 0.3) is 0 Å². The Kier molecular flexibility index (Phi) is 4.18. The van der Waals surface area contributed by atoms with Gasteiger partial charge in [0.15, 0.2) is 0 Å². The van der Waals surface area contributed by atoms with Gasteiger partial charge in [-0.25, -0.2) is 0 Å². The molecule has 0 spiro atoms. The van der Waals surface area contributed by atoms with Crippen LogP contribution >= 0.6 is 0 Å². The van der Waals surface area contributed by atoms with Crippen LogP contribution in [0.15, 0.2) is 18.5 Å². The molecule has 1 aromatic heterocycles. The summed E-state index contributed by atoms with van der Waals surface area (Å²) < 4.78 is 1.92. The first-order valence-corrected chi connectivity index (χ1v) is 4.49. The Bertz CT molecular complexity index is 264. The maximum Gasteiger partial charge on any atom is 0.146 e. The van der Waals surface area contributed by atoms with Gasteiger partial charge in [-0.15, -0.1) is 10.2 Å². The third-order valence-electron chi connectivity index (χ3n) is 1.81. The fourth-order valence-corrected chi connectivity index (χ4v) is 1.02. The van der Waals surface area contributed by atoms with Crippen LogP contribution in [-0.2, 0) is 13.6 Å². The Labute approximate surface area is 78.7 Å². The van der Waals surface area contributed by atoms with E-state index in [0.29, 0.717) is 0 Å². The van der Waals surface area contributed by atoms with Crippen molar-refractivity contribution in [2.24, 2.45) is 7.05 Å². The second kappa shape index (κ2) is 5.48. The van der Waals surface area contributed by atoms with E-state index in [4.69, 9.17) is 0 Å². The summed E-state index contributed by atoms with van der Waals surface area (Å²) in [5, 5.41) is 11.1. The molecule has 0 atom stereocenters. The molecule has 0 fully saturated rings. The minimum absolute atomic E-state index is 0.786. The molecular weight excluding hydrogens is 164 g/mol. The lowest BCUT2D eigenvalue weighted by molar-refractivity contribution is 0.641. The molecular formula is C9H16N4. The number of rotatable bonds is 5. The summed E-state index contributed by atoms with van der Waals surface area (Å²) in [5.41, 5.74) is 0. The molecule has 1 rings (SSSR count). The molecule has 13 heavy (non-hydrogen) atoms. The van der Waals surface area contributed by atoms with Crippen LogP contribution < -0.4 is 5.32 Å². The average molecular weight is 180 g/mol. The second-order valence-electron chi connectivity index (χ2n) is 2.89. The van der Waals surface area contributed by atoms with Crippen molar-refractivity contribution in [3.8, 4) is 0 Å². The summed E-state index contributed by atoms with van der Waals surface area (Å²) >= 11 is 0. The molecule has 0 aliphatic rings. The first kappa shape index (κ1) is 9.92. The molecule has 1 heterocycles. The zero-order valence-corrected chi connectivity index (χ0v) is 8.20. The third-order valence-corrected chi connectivity index (χ3v) is 1.81. The van der Waals surface area contributed by atoms with E-state index in [1.54, 1.807) is 6.33 Å². The monoisotopic (exact) mass is 180 g/mol. The highest BCUT2D eigenvalue weighted by Crippen LogP contribution is 1.90. The first-order chi connectivity index (χ1) is 6.34. The minimum Gasteiger partial charge on any atom is -0.320 e. The van der Waals surface area contributed by atoms with E-state index in [9.17, 15) is 0 Å². The molecule has 0 aliphatic carbocycles. The molecule has 0 aliphatic heterocycles. The summed E-state index contributed by atoms with van der Waals surface area (Å²) in [5.74, 6) is 0.973. The number of nitrogens with zero attached hydrogens (tertiary/aromatic N) is 3.